The Bertz CT molecular complexity index is 448. The third-order valence-electron chi connectivity index (χ3n) is 2.06. The van der Waals surface area contributed by atoms with Crippen LogP contribution in [0.5, 0.6) is 0 Å². The van der Waals surface area contributed by atoms with Gasteiger partial charge in [0.05, 0.1) is 10.2 Å². The van der Waals surface area contributed by atoms with Gasteiger partial charge in [0.1, 0.15) is 0 Å². The number of benzene rings is 1. The molecule has 2 rings (SSSR count). The molecule has 1 aromatic heterocycles. The first-order valence-electron chi connectivity index (χ1n) is 4.98. The van der Waals surface area contributed by atoms with Crippen molar-refractivity contribution in [3.63, 3.8) is 0 Å². The van der Waals surface area contributed by atoms with E-state index in [1.807, 2.05) is 18.2 Å². The summed E-state index contributed by atoms with van der Waals surface area (Å²) in [4.78, 5) is 4.49. The Morgan fingerprint density at radius 1 is 1.40 bits per heavy atom. The average molecular weight is 218 g/mol. The molecule has 0 aliphatic heterocycles. The fourth-order valence-electron chi connectivity index (χ4n) is 1.29. The highest BCUT2D eigenvalue weighted by Crippen LogP contribution is 2.24. The van der Waals surface area contributed by atoms with E-state index in [9.17, 15) is 0 Å². The minimum Gasteiger partial charge on any atom is -0.358 e. The molecule has 0 saturated heterocycles. The van der Waals surface area contributed by atoms with E-state index in [1.54, 1.807) is 11.3 Å². The zero-order valence-corrected chi connectivity index (χ0v) is 9.77. The van der Waals surface area contributed by atoms with E-state index < -0.39 is 0 Å². The summed E-state index contributed by atoms with van der Waals surface area (Å²) in [5.41, 5.74) is 2.39. The first kappa shape index (κ1) is 10.2. The van der Waals surface area contributed by atoms with E-state index in [0.29, 0.717) is 0 Å². The van der Waals surface area contributed by atoms with Gasteiger partial charge in [-0.15, -0.1) is 0 Å². The molecule has 0 aliphatic carbocycles. The highest BCUT2D eigenvalue weighted by atomic mass is 32.1. The lowest BCUT2D eigenvalue weighted by atomic mass is 10.3. The normalized spacial score (nSPS) is 10.3. The standard InChI is InChI=1S/C12H14N2S/c1-9(2)7-8-13-12-14-10-5-3-4-6-11(10)15-12/h3-7H,8H2,1-2H3,(H,13,14). The van der Waals surface area contributed by atoms with Crippen LogP contribution in [0.25, 0.3) is 10.2 Å². The molecule has 2 nitrogen and oxygen atoms in total. The van der Waals surface area contributed by atoms with Gasteiger partial charge in [-0.2, -0.15) is 0 Å². The number of nitrogens with zero attached hydrogens (tertiary/aromatic N) is 1. The molecule has 15 heavy (non-hydrogen) atoms. The van der Waals surface area contributed by atoms with Gasteiger partial charge in [0.2, 0.25) is 0 Å². The van der Waals surface area contributed by atoms with Crippen molar-refractivity contribution < 1.29 is 0 Å². The van der Waals surface area contributed by atoms with Crippen LogP contribution in [0.4, 0.5) is 5.13 Å². The molecule has 0 spiro atoms. The number of fused-ring (bicyclic) bond motifs is 1. The van der Waals surface area contributed by atoms with Gasteiger partial charge in [0.15, 0.2) is 5.13 Å². The topological polar surface area (TPSA) is 24.9 Å². The molecule has 1 N–H and O–H groups in total. The Hall–Kier alpha value is -1.35. The maximum absolute atomic E-state index is 4.49. The number of allylic oxidation sites excluding steroid dienone is 1. The van der Waals surface area contributed by atoms with Gasteiger partial charge in [-0.05, 0) is 26.0 Å². The summed E-state index contributed by atoms with van der Waals surface area (Å²) in [6, 6.07) is 8.19. The second-order valence-electron chi connectivity index (χ2n) is 3.65. The Balaban J connectivity index is 2.12. The van der Waals surface area contributed by atoms with Crippen LogP contribution in [-0.2, 0) is 0 Å². The number of hydrogen-bond acceptors (Lipinski definition) is 3. The lowest BCUT2D eigenvalue weighted by molar-refractivity contribution is 1.25. The Morgan fingerprint density at radius 3 is 2.93 bits per heavy atom. The number of rotatable bonds is 3. The maximum Gasteiger partial charge on any atom is 0.184 e. The first-order chi connectivity index (χ1) is 7.25. The van der Waals surface area contributed by atoms with Gasteiger partial charge < -0.3 is 5.32 Å². The minimum absolute atomic E-state index is 0.849. The number of aromatic nitrogens is 1. The van der Waals surface area contributed by atoms with Crippen molar-refractivity contribution in [1.29, 1.82) is 0 Å². The number of nitrogens with one attached hydrogen (secondary N) is 1. The number of hydrogen-bond donors (Lipinski definition) is 1. The predicted molar refractivity (Wildman–Crippen MR) is 67.5 cm³/mol. The van der Waals surface area contributed by atoms with Crippen LogP contribution in [-0.4, -0.2) is 11.5 Å². The molecule has 1 heterocycles. The fourth-order valence-corrected chi connectivity index (χ4v) is 2.16. The summed E-state index contributed by atoms with van der Waals surface area (Å²) in [5, 5.41) is 4.29. The van der Waals surface area contributed by atoms with Crippen molar-refractivity contribution in [2.45, 2.75) is 13.8 Å². The second kappa shape index (κ2) is 4.45. The van der Waals surface area contributed by atoms with Gasteiger partial charge in [-0.1, -0.05) is 35.1 Å². The highest BCUT2D eigenvalue weighted by Gasteiger charge is 2.00. The smallest absolute Gasteiger partial charge is 0.184 e. The van der Waals surface area contributed by atoms with Gasteiger partial charge in [0, 0.05) is 6.54 Å². The third kappa shape index (κ3) is 2.57. The Labute approximate surface area is 93.7 Å². The van der Waals surface area contributed by atoms with Gasteiger partial charge in [-0.3, -0.25) is 0 Å². The number of anilines is 1. The monoisotopic (exact) mass is 218 g/mol. The molecular weight excluding hydrogens is 204 g/mol. The van der Waals surface area contributed by atoms with Gasteiger partial charge >= 0.3 is 0 Å². The molecule has 1 aromatic carbocycles. The molecule has 0 bridgehead atoms. The van der Waals surface area contributed by atoms with Crippen molar-refractivity contribution in [1.82, 2.24) is 4.98 Å². The van der Waals surface area contributed by atoms with Crippen molar-refractivity contribution in [3.05, 3.63) is 35.9 Å². The van der Waals surface area contributed by atoms with Gasteiger partial charge in [-0.25, -0.2) is 4.98 Å². The Kier molecular flexibility index (Phi) is 3.02. The van der Waals surface area contributed by atoms with E-state index in [0.717, 1.165) is 17.2 Å². The van der Waals surface area contributed by atoms with E-state index in [4.69, 9.17) is 0 Å². The minimum atomic E-state index is 0.849. The molecule has 3 heteroatoms. The molecular formula is C12H14N2S. The largest absolute Gasteiger partial charge is 0.358 e. The fraction of sp³-hybridized carbons (Fsp3) is 0.250. The van der Waals surface area contributed by atoms with Gasteiger partial charge in [0.25, 0.3) is 0 Å². The Morgan fingerprint density at radius 2 is 2.20 bits per heavy atom. The highest BCUT2D eigenvalue weighted by molar-refractivity contribution is 7.22. The summed E-state index contributed by atoms with van der Waals surface area (Å²) in [6.07, 6.45) is 2.16. The zero-order chi connectivity index (χ0) is 10.7. The molecule has 0 fully saturated rings. The van der Waals surface area contributed by atoms with Crippen LogP contribution in [0.3, 0.4) is 0 Å². The predicted octanol–water partition coefficient (Wildman–Crippen LogP) is 3.67. The van der Waals surface area contributed by atoms with Crippen LogP contribution in [0.15, 0.2) is 35.9 Å². The number of para-hydroxylation sites is 1. The molecule has 2 aromatic rings. The molecule has 78 valence electrons. The van der Waals surface area contributed by atoms with Crippen LogP contribution < -0.4 is 5.32 Å². The first-order valence-corrected chi connectivity index (χ1v) is 5.80. The second-order valence-corrected chi connectivity index (χ2v) is 4.68. The molecule has 0 amide bonds. The molecule has 0 unspecified atom stereocenters. The molecule has 0 radical (unpaired) electrons. The van der Waals surface area contributed by atoms with E-state index in [1.165, 1.54) is 10.3 Å². The van der Waals surface area contributed by atoms with Crippen molar-refractivity contribution >= 4 is 26.7 Å². The van der Waals surface area contributed by atoms with Crippen LogP contribution in [0.1, 0.15) is 13.8 Å². The maximum atomic E-state index is 4.49. The van der Waals surface area contributed by atoms with Crippen LogP contribution in [0, 0.1) is 0 Å². The summed E-state index contributed by atoms with van der Waals surface area (Å²) in [6.45, 7) is 5.04. The average Bonchev–Trinajstić information content (AvgIpc) is 2.59. The summed E-state index contributed by atoms with van der Waals surface area (Å²) in [7, 11) is 0. The quantitative estimate of drug-likeness (QED) is 0.795. The molecule has 0 aliphatic rings. The van der Waals surface area contributed by atoms with E-state index in [-0.39, 0.29) is 0 Å². The lowest BCUT2D eigenvalue weighted by Crippen LogP contribution is -1.97. The van der Waals surface area contributed by atoms with Crippen molar-refractivity contribution in [3.8, 4) is 0 Å². The summed E-state index contributed by atoms with van der Waals surface area (Å²) < 4.78 is 1.23. The third-order valence-corrected chi connectivity index (χ3v) is 3.05. The molecule has 0 saturated carbocycles. The van der Waals surface area contributed by atoms with Crippen LogP contribution in [0.2, 0.25) is 0 Å². The van der Waals surface area contributed by atoms with Crippen molar-refractivity contribution in [2.75, 3.05) is 11.9 Å². The lowest BCUT2D eigenvalue weighted by Gasteiger charge is -1.96. The van der Waals surface area contributed by atoms with Crippen molar-refractivity contribution in [2.24, 2.45) is 0 Å². The zero-order valence-electron chi connectivity index (χ0n) is 8.95. The summed E-state index contributed by atoms with van der Waals surface area (Å²) in [5.74, 6) is 0. The van der Waals surface area contributed by atoms with Crippen LogP contribution >= 0.6 is 11.3 Å². The SMILES string of the molecule is CC(C)=CCNc1nc2ccccc2s1. The molecule has 0 atom stereocenters. The summed E-state index contributed by atoms with van der Waals surface area (Å²) >= 11 is 1.70. The van der Waals surface area contributed by atoms with E-state index >= 15 is 0 Å². The van der Waals surface area contributed by atoms with E-state index in [2.05, 4.69) is 36.3 Å². The number of thiazole rings is 1.